The minimum atomic E-state index is -3.77. The number of hydrogen-bond acceptors (Lipinski definition) is 4. The van der Waals surface area contributed by atoms with Crippen LogP contribution in [0.3, 0.4) is 0 Å². The van der Waals surface area contributed by atoms with Crippen molar-refractivity contribution in [3.63, 3.8) is 0 Å². The molecule has 0 unspecified atom stereocenters. The molecule has 0 aliphatic heterocycles. The summed E-state index contributed by atoms with van der Waals surface area (Å²) in [5, 5.41) is 5.63. The van der Waals surface area contributed by atoms with Gasteiger partial charge in [-0.05, 0) is 68.1 Å². The zero-order chi connectivity index (χ0) is 23.1. The highest BCUT2D eigenvalue weighted by Gasteiger charge is 2.20. The van der Waals surface area contributed by atoms with Gasteiger partial charge in [0.1, 0.15) is 0 Å². The summed E-state index contributed by atoms with van der Waals surface area (Å²) in [6, 6.07) is 11.2. The Bertz CT molecular complexity index is 1060. The fourth-order valence-corrected chi connectivity index (χ4v) is 4.95. The summed E-state index contributed by atoms with van der Waals surface area (Å²) in [5.41, 5.74) is 2.74. The maximum atomic E-state index is 12.7. The zero-order valence-electron chi connectivity index (χ0n) is 18.6. The van der Waals surface area contributed by atoms with Crippen molar-refractivity contribution in [3.05, 3.63) is 59.2 Å². The molecule has 3 N–H and O–H groups in total. The molecule has 2 aromatic carbocycles. The maximum absolute atomic E-state index is 12.7. The van der Waals surface area contributed by atoms with E-state index in [0.29, 0.717) is 24.3 Å². The number of amides is 2. The van der Waals surface area contributed by atoms with Crippen LogP contribution in [-0.4, -0.2) is 33.3 Å². The van der Waals surface area contributed by atoms with E-state index >= 15 is 0 Å². The van der Waals surface area contributed by atoms with Crippen molar-refractivity contribution in [1.29, 1.82) is 0 Å². The fraction of sp³-hybridized carbons (Fsp3) is 0.417. The molecule has 0 spiro atoms. The lowest BCUT2D eigenvalue weighted by Crippen LogP contribution is -2.38. The Kier molecular flexibility index (Phi) is 7.90. The maximum Gasteiger partial charge on any atom is 0.261 e. The third-order valence-electron chi connectivity index (χ3n) is 5.96. The lowest BCUT2D eigenvalue weighted by molar-refractivity contribution is -0.125. The lowest BCUT2D eigenvalue weighted by Gasteiger charge is -2.20. The predicted molar refractivity (Wildman–Crippen MR) is 125 cm³/mol. The van der Waals surface area contributed by atoms with Crippen molar-refractivity contribution in [2.75, 3.05) is 17.8 Å². The Morgan fingerprint density at radius 1 is 0.906 bits per heavy atom. The lowest BCUT2D eigenvalue weighted by atomic mass is 9.89. The molecule has 1 saturated carbocycles. The Morgan fingerprint density at radius 2 is 1.56 bits per heavy atom. The van der Waals surface area contributed by atoms with Gasteiger partial charge in [0.25, 0.3) is 15.9 Å². The van der Waals surface area contributed by atoms with Crippen molar-refractivity contribution < 1.29 is 18.0 Å². The molecule has 3 rings (SSSR count). The van der Waals surface area contributed by atoms with Gasteiger partial charge in [0.15, 0.2) is 0 Å². The first kappa shape index (κ1) is 23.8. The first-order valence-electron chi connectivity index (χ1n) is 11.0. The van der Waals surface area contributed by atoms with E-state index in [9.17, 15) is 18.0 Å². The smallest absolute Gasteiger partial charge is 0.261 e. The van der Waals surface area contributed by atoms with E-state index in [-0.39, 0.29) is 22.6 Å². The SMILES string of the molecule is Cc1cccc(NS(=O)(=O)c2ccc(C(=O)NCCNC(=O)C3CCCCC3)cc2)c1C. The van der Waals surface area contributed by atoms with E-state index in [1.165, 1.54) is 30.7 Å². The summed E-state index contributed by atoms with van der Waals surface area (Å²) < 4.78 is 28.0. The van der Waals surface area contributed by atoms with Crippen LogP contribution in [0.4, 0.5) is 5.69 Å². The number of aryl methyl sites for hydroxylation is 1. The van der Waals surface area contributed by atoms with E-state index < -0.39 is 10.0 Å². The van der Waals surface area contributed by atoms with Crippen LogP contribution >= 0.6 is 0 Å². The standard InChI is InChI=1S/C24H31N3O4S/c1-17-7-6-10-22(18(17)2)27-32(30,31)21-13-11-20(12-14-21)24(29)26-16-15-25-23(28)19-8-4-3-5-9-19/h6-7,10-14,19,27H,3-5,8-9,15-16H2,1-2H3,(H,25,28)(H,26,29). The van der Waals surface area contributed by atoms with Crippen molar-refractivity contribution in [2.45, 2.75) is 50.8 Å². The second kappa shape index (κ2) is 10.6. The normalized spacial score (nSPS) is 14.6. The quantitative estimate of drug-likeness (QED) is 0.528. The Morgan fingerprint density at radius 3 is 2.25 bits per heavy atom. The predicted octanol–water partition coefficient (Wildman–Crippen LogP) is 3.53. The molecule has 32 heavy (non-hydrogen) atoms. The summed E-state index contributed by atoms with van der Waals surface area (Å²) in [7, 11) is -3.77. The topological polar surface area (TPSA) is 104 Å². The van der Waals surface area contributed by atoms with Gasteiger partial charge in [0.2, 0.25) is 5.91 Å². The molecule has 2 aromatic rings. The van der Waals surface area contributed by atoms with Gasteiger partial charge in [0, 0.05) is 24.6 Å². The number of carbonyl (C=O) groups is 2. The van der Waals surface area contributed by atoms with Crippen LogP contribution in [-0.2, 0) is 14.8 Å². The molecule has 0 radical (unpaired) electrons. The number of hydrogen-bond donors (Lipinski definition) is 3. The molecule has 1 aliphatic rings. The summed E-state index contributed by atoms with van der Waals surface area (Å²) >= 11 is 0. The molecule has 8 heteroatoms. The number of rotatable bonds is 8. The van der Waals surface area contributed by atoms with Gasteiger partial charge in [-0.15, -0.1) is 0 Å². The average Bonchev–Trinajstić information content (AvgIpc) is 2.80. The molecule has 0 heterocycles. The molecule has 1 fully saturated rings. The van der Waals surface area contributed by atoms with Crippen LogP contribution in [0.2, 0.25) is 0 Å². The molecule has 7 nitrogen and oxygen atoms in total. The molecule has 0 atom stereocenters. The highest BCUT2D eigenvalue weighted by atomic mass is 32.2. The van der Waals surface area contributed by atoms with Gasteiger partial charge in [-0.1, -0.05) is 31.4 Å². The Labute approximate surface area is 190 Å². The number of nitrogens with one attached hydrogen (secondary N) is 3. The van der Waals surface area contributed by atoms with Gasteiger partial charge < -0.3 is 10.6 Å². The number of anilines is 1. The zero-order valence-corrected chi connectivity index (χ0v) is 19.4. The third kappa shape index (κ3) is 6.09. The van der Waals surface area contributed by atoms with E-state index in [0.717, 1.165) is 36.8 Å². The van der Waals surface area contributed by atoms with E-state index in [1.807, 2.05) is 19.9 Å². The van der Waals surface area contributed by atoms with Crippen LogP contribution in [0, 0.1) is 19.8 Å². The molecule has 0 bridgehead atoms. The number of carbonyl (C=O) groups excluding carboxylic acids is 2. The molecular weight excluding hydrogens is 426 g/mol. The molecule has 2 amide bonds. The van der Waals surface area contributed by atoms with Gasteiger partial charge in [0.05, 0.1) is 10.6 Å². The first-order chi connectivity index (χ1) is 15.3. The summed E-state index contributed by atoms with van der Waals surface area (Å²) in [4.78, 5) is 24.5. The largest absolute Gasteiger partial charge is 0.354 e. The third-order valence-corrected chi connectivity index (χ3v) is 7.34. The van der Waals surface area contributed by atoms with Crippen molar-refractivity contribution in [3.8, 4) is 0 Å². The highest BCUT2D eigenvalue weighted by Crippen LogP contribution is 2.24. The molecule has 0 aromatic heterocycles. The van der Waals surface area contributed by atoms with Crippen LogP contribution in [0.15, 0.2) is 47.4 Å². The van der Waals surface area contributed by atoms with Crippen LogP contribution in [0.25, 0.3) is 0 Å². The second-order valence-electron chi connectivity index (χ2n) is 8.26. The van der Waals surface area contributed by atoms with Gasteiger partial charge in [-0.2, -0.15) is 0 Å². The highest BCUT2D eigenvalue weighted by molar-refractivity contribution is 7.92. The first-order valence-corrected chi connectivity index (χ1v) is 12.5. The average molecular weight is 458 g/mol. The molecule has 0 saturated heterocycles. The molecule has 1 aliphatic carbocycles. The van der Waals surface area contributed by atoms with Crippen molar-refractivity contribution in [2.24, 2.45) is 5.92 Å². The van der Waals surface area contributed by atoms with E-state index in [2.05, 4.69) is 15.4 Å². The molecule has 172 valence electrons. The second-order valence-corrected chi connectivity index (χ2v) is 9.94. The van der Waals surface area contributed by atoms with Crippen LogP contribution in [0.1, 0.15) is 53.6 Å². The van der Waals surface area contributed by atoms with E-state index in [1.54, 1.807) is 12.1 Å². The summed E-state index contributed by atoms with van der Waals surface area (Å²) in [5.74, 6) is -0.167. The summed E-state index contributed by atoms with van der Waals surface area (Å²) in [6.07, 6.45) is 5.26. The van der Waals surface area contributed by atoms with E-state index in [4.69, 9.17) is 0 Å². The van der Waals surface area contributed by atoms with Gasteiger partial charge in [-0.3, -0.25) is 14.3 Å². The van der Waals surface area contributed by atoms with Gasteiger partial charge in [-0.25, -0.2) is 8.42 Å². The number of sulfonamides is 1. The van der Waals surface area contributed by atoms with Crippen LogP contribution in [0.5, 0.6) is 0 Å². The van der Waals surface area contributed by atoms with Crippen LogP contribution < -0.4 is 15.4 Å². The minimum absolute atomic E-state index is 0.0601. The Balaban J connectivity index is 1.51. The fourth-order valence-electron chi connectivity index (χ4n) is 3.82. The minimum Gasteiger partial charge on any atom is -0.354 e. The van der Waals surface area contributed by atoms with Crippen molar-refractivity contribution in [1.82, 2.24) is 10.6 Å². The Hall–Kier alpha value is -2.87. The van der Waals surface area contributed by atoms with Gasteiger partial charge >= 0.3 is 0 Å². The summed E-state index contributed by atoms with van der Waals surface area (Å²) in [6.45, 7) is 4.46. The molecular formula is C24H31N3O4S. The monoisotopic (exact) mass is 457 g/mol. The van der Waals surface area contributed by atoms with Crippen molar-refractivity contribution >= 4 is 27.5 Å². The number of benzene rings is 2.